The molecule has 11 heteroatoms. The average molecular weight is 562 g/mol. The van der Waals surface area contributed by atoms with Gasteiger partial charge in [0.15, 0.2) is 0 Å². The summed E-state index contributed by atoms with van der Waals surface area (Å²) in [6.45, 7) is 7.51. The summed E-state index contributed by atoms with van der Waals surface area (Å²) in [6, 6.07) is -2.31. The van der Waals surface area contributed by atoms with Crippen LogP contribution in [0.1, 0.15) is 97.8 Å². The lowest BCUT2D eigenvalue weighted by Crippen LogP contribution is -2.59. The largest absolute Gasteiger partial charge is 0.479 e. The number of carbonyl (C=O) groups excluding carboxylic acids is 4. The lowest BCUT2D eigenvalue weighted by atomic mass is 9.86. The van der Waals surface area contributed by atoms with Gasteiger partial charge in [0.2, 0.25) is 17.7 Å². The number of nitrogens with one attached hydrogen (secondary N) is 3. The molecule has 0 aromatic heterocycles. The maximum atomic E-state index is 13.8. The first kappa shape index (κ1) is 30.1. The van der Waals surface area contributed by atoms with Crippen molar-refractivity contribution in [1.29, 1.82) is 0 Å². The van der Waals surface area contributed by atoms with Gasteiger partial charge in [0.05, 0.1) is 6.04 Å². The van der Waals surface area contributed by atoms with E-state index in [1.165, 1.54) is 4.90 Å². The molecule has 1 unspecified atom stereocenters. The fourth-order valence-corrected chi connectivity index (χ4v) is 6.49. The Balaban J connectivity index is 1.47. The van der Waals surface area contributed by atoms with Crippen molar-refractivity contribution < 1.29 is 29.1 Å². The smallest absolute Gasteiger partial charge is 0.329 e. The monoisotopic (exact) mass is 561 g/mol. The topological polar surface area (TPSA) is 148 Å². The van der Waals surface area contributed by atoms with E-state index in [2.05, 4.69) is 16.0 Å². The Morgan fingerprint density at radius 2 is 1.70 bits per heavy atom. The number of amides is 5. The lowest BCUT2D eigenvalue weighted by molar-refractivity contribution is -0.145. The van der Waals surface area contributed by atoms with Crippen LogP contribution < -0.4 is 16.0 Å². The minimum absolute atomic E-state index is 0.0747. The highest BCUT2D eigenvalue weighted by Crippen LogP contribution is 2.47. The Morgan fingerprint density at radius 1 is 1.00 bits per heavy atom. The third-order valence-corrected chi connectivity index (χ3v) is 9.25. The van der Waals surface area contributed by atoms with Crippen LogP contribution in [0.25, 0.3) is 0 Å². The quantitative estimate of drug-likeness (QED) is 0.405. The van der Waals surface area contributed by atoms with Gasteiger partial charge < -0.3 is 30.9 Å². The van der Waals surface area contributed by atoms with E-state index in [0.717, 1.165) is 44.9 Å². The van der Waals surface area contributed by atoms with Gasteiger partial charge in [-0.2, -0.15) is 0 Å². The van der Waals surface area contributed by atoms with Gasteiger partial charge in [0, 0.05) is 26.1 Å². The summed E-state index contributed by atoms with van der Waals surface area (Å²) in [5.41, 5.74) is -1.55. The molecule has 3 saturated heterocycles. The summed E-state index contributed by atoms with van der Waals surface area (Å²) in [5.74, 6) is -1.71. The minimum Gasteiger partial charge on any atom is -0.479 e. The molecule has 0 bridgehead atoms. The molecule has 3 heterocycles. The number of urea groups is 1. The van der Waals surface area contributed by atoms with E-state index < -0.39 is 35.5 Å². The highest BCUT2D eigenvalue weighted by atomic mass is 16.4. The van der Waals surface area contributed by atoms with E-state index in [1.807, 2.05) is 20.8 Å². The summed E-state index contributed by atoms with van der Waals surface area (Å²) in [7, 11) is 0. The summed E-state index contributed by atoms with van der Waals surface area (Å²) in [6.07, 6.45) is 8.60. The second-order valence-corrected chi connectivity index (χ2v) is 13.2. The zero-order valence-corrected chi connectivity index (χ0v) is 24.3. The number of hydrogen-bond acceptors (Lipinski definition) is 5. The van der Waals surface area contributed by atoms with Crippen LogP contribution in [0.2, 0.25) is 0 Å². The molecule has 224 valence electrons. The van der Waals surface area contributed by atoms with Crippen LogP contribution in [0.15, 0.2) is 0 Å². The van der Waals surface area contributed by atoms with Crippen LogP contribution in [-0.4, -0.2) is 87.9 Å². The molecule has 1 saturated carbocycles. The van der Waals surface area contributed by atoms with Crippen molar-refractivity contribution in [2.75, 3.05) is 19.6 Å². The van der Waals surface area contributed by atoms with Gasteiger partial charge in [-0.1, -0.05) is 52.9 Å². The first-order valence-electron chi connectivity index (χ1n) is 15.1. The number of aliphatic carboxylic acids is 1. The predicted molar refractivity (Wildman–Crippen MR) is 148 cm³/mol. The summed E-state index contributed by atoms with van der Waals surface area (Å²) < 4.78 is 0. The van der Waals surface area contributed by atoms with Crippen LogP contribution >= 0.6 is 0 Å². The highest BCUT2D eigenvalue weighted by molar-refractivity contribution is 5.96. The Labute approximate surface area is 237 Å². The van der Waals surface area contributed by atoms with Crippen LogP contribution in [0.4, 0.5) is 4.79 Å². The molecule has 5 atom stereocenters. The molecule has 4 aliphatic rings. The van der Waals surface area contributed by atoms with E-state index in [1.54, 1.807) is 4.90 Å². The van der Waals surface area contributed by atoms with Crippen molar-refractivity contribution in [3.05, 3.63) is 0 Å². The molecule has 0 aromatic rings. The number of likely N-dealkylation sites (tertiary alicyclic amines) is 1. The minimum atomic E-state index is -1.23. The summed E-state index contributed by atoms with van der Waals surface area (Å²) >= 11 is 0. The Bertz CT molecular complexity index is 996. The SMILES string of the molecule is CC(C)(C)[C@@H](CN1CCCC1=O)NC(=O)N[C@H]1CCCCCCCC2C[C@@]2(C(=O)O)NC(=O)[C@@H]2CCCN2C1=O. The van der Waals surface area contributed by atoms with Crippen LogP contribution in [0, 0.1) is 11.3 Å². The summed E-state index contributed by atoms with van der Waals surface area (Å²) in [4.78, 5) is 68.0. The van der Waals surface area contributed by atoms with Gasteiger partial charge in [-0.15, -0.1) is 0 Å². The van der Waals surface area contributed by atoms with Crippen molar-refractivity contribution in [2.24, 2.45) is 11.3 Å². The van der Waals surface area contributed by atoms with Crippen molar-refractivity contribution in [2.45, 2.75) is 121 Å². The van der Waals surface area contributed by atoms with Crippen molar-refractivity contribution in [1.82, 2.24) is 25.8 Å². The Morgan fingerprint density at radius 3 is 2.35 bits per heavy atom. The molecule has 4 rings (SSSR count). The average Bonchev–Trinajstić information content (AvgIpc) is 3.17. The number of fused-ring (bicyclic) bond motifs is 2. The first-order valence-corrected chi connectivity index (χ1v) is 15.1. The molecule has 5 amide bonds. The molecular weight excluding hydrogens is 514 g/mol. The number of hydrogen-bond donors (Lipinski definition) is 4. The maximum absolute atomic E-state index is 13.8. The van der Waals surface area contributed by atoms with Gasteiger partial charge in [-0.05, 0) is 49.9 Å². The molecule has 4 N–H and O–H groups in total. The van der Waals surface area contributed by atoms with Crippen LogP contribution in [0.3, 0.4) is 0 Å². The molecular formula is C29H47N5O6. The van der Waals surface area contributed by atoms with Crippen molar-refractivity contribution in [3.8, 4) is 0 Å². The molecule has 40 heavy (non-hydrogen) atoms. The number of carbonyl (C=O) groups is 5. The normalized spacial score (nSPS) is 30.9. The van der Waals surface area contributed by atoms with Crippen LogP contribution in [-0.2, 0) is 19.2 Å². The lowest BCUT2D eigenvalue weighted by Gasteiger charge is -2.35. The standard InChI is InChI=1S/C29H47N5O6/c1-28(2,3)22(18-33-15-10-14-23(33)35)31-27(40)30-20-12-8-6-4-5-7-11-19-17-29(19,26(38)39)32-24(36)21-13-9-16-34(21)25(20)37/h19-22H,4-18H2,1-3H3,(H,32,36)(H,38,39)(H2,30,31,40)/t19?,20-,21-,22+,29+/m0/s1. The first-order chi connectivity index (χ1) is 18.9. The van der Waals surface area contributed by atoms with Crippen molar-refractivity contribution in [3.63, 3.8) is 0 Å². The van der Waals surface area contributed by atoms with E-state index in [9.17, 15) is 29.1 Å². The fourth-order valence-electron chi connectivity index (χ4n) is 6.49. The highest BCUT2D eigenvalue weighted by Gasteiger charge is 2.61. The van der Waals surface area contributed by atoms with E-state index in [4.69, 9.17) is 0 Å². The molecule has 11 nitrogen and oxygen atoms in total. The number of rotatable bonds is 5. The number of carboxylic acid groups (broad SMARTS) is 1. The molecule has 0 aromatic carbocycles. The Kier molecular flexibility index (Phi) is 9.29. The number of nitrogens with zero attached hydrogens (tertiary/aromatic N) is 2. The Hall–Kier alpha value is -2.85. The van der Waals surface area contributed by atoms with Gasteiger partial charge >= 0.3 is 12.0 Å². The molecule has 4 fully saturated rings. The van der Waals surface area contributed by atoms with Gasteiger partial charge in [0.25, 0.3) is 0 Å². The predicted octanol–water partition coefficient (Wildman–Crippen LogP) is 2.39. The second-order valence-electron chi connectivity index (χ2n) is 13.2. The van der Waals surface area contributed by atoms with Gasteiger partial charge in [-0.25, -0.2) is 9.59 Å². The zero-order valence-electron chi connectivity index (χ0n) is 24.3. The van der Waals surface area contributed by atoms with Crippen molar-refractivity contribution >= 4 is 29.7 Å². The van der Waals surface area contributed by atoms with E-state index >= 15 is 0 Å². The molecule has 3 aliphatic heterocycles. The molecule has 0 spiro atoms. The van der Waals surface area contributed by atoms with Crippen LogP contribution in [0.5, 0.6) is 0 Å². The zero-order chi connectivity index (χ0) is 29.1. The van der Waals surface area contributed by atoms with E-state index in [0.29, 0.717) is 51.7 Å². The fraction of sp³-hybridized carbons (Fsp3) is 0.828. The third kappa shape index (κ3) is 6.89. The molecule has 0 radical (unpaired) electrons. The maximum Gasteiger partial charge on any atom is 0.329 e. The van der Waals surface area contributed by atoms with Gasteiger partial charge in [-0.3, -0.25) is 14.4 Å². The molecule has 1 aliphatic carbocycles. The second kappa shape index (κ2) is 12.3. The summed E-state index contributed by atoms with van der Waals surface area (Å²) in [5, 5.41) is 18.6. The third-order valence-electron chi connectivity index (χ3n) is 9.25. The number of carboxylic acids is 1. The van der Waals surface area contributed by atoms with E-state index in [-0.39, 0.29) is 29.2 Å². The van der Waals surface area contributed by atoms with Gasteiger partial charge in [0.1, 0.15) is 17.6 Å².